The van der Waals surface area contributed by atoms with E-state index in [2.05, 4.69) is 5.32 Å². The molecule has 4 nitrogen and oxygen atoms in total. The van der Waals surface area contributed by atoms with Crippen LogP contribution in [0.1, 0.15) is 27.7 Å². The highest BCUT2D eigenvalue weighted by molar-refractivity contribution is 5.95. The molecule has 0 radical (unpaired) electrons. The third kappa shape index (κ3) is 3.70. The number of anilines is 2. The van der Waals surface area contributed by atoms with Crippen molar-refractivity contribution < 1.29 is 9.18 Å². The lowest BCUT2D eigenvalue weighted by Gasteiger charge is -2.25. The lowest BCUT2D eigenvalue weighted by Crippen LogP contribution is -2.37. The molecule has 5 heteroatoms. The number of nitrogens with two attached hydrogens (primary N) is 1. The predicted molar refractivity (Wildman–Crippen MR) is 81.4 cm³/mol. The van der Waals surface area contributed by atoms with Crippen molar-refractivity contribution in [1.82, 2.24) is 0 Å². The van der Waals surface area contributed by atoms with Gasteiger partial charge in [-0.05, 0) is 45.9 Å². The number of amides is 1. The van der Waals surface area contributed by atoms with Gasteiger partial charge in [-0.1, -0.05) is 0 Å². The van der Waals surface area contributed by atoms with E-state index < -0.39 is 5.41 Å². The first-order valence-electron chi connectivity index (χ1n) is 6.73. The summed E-state index contributed by atoms with van der Waals surface area (Å²) in [5, 5.41) is 2.69. The summed E-state index contributed by atoms with van der Waals surface area (Å²) in [6.07, 6.45) is 0. The molecular weight excluding hydrogens is 257 g/mol. The molecule has 0 saturated carbocycles. The van der Waals surface area contributed by atoms with Crippen LogP contribution < -0.4 is 16.0 Å². The molecule has 0 aliphatic heterocycles. The number of benzene rings is 1. The highest BCUT2D eigenvalue weighted by atomic mass is 19.1. The molecule has 1 aromatic carbocycles. The number of halogens is 1. The van der Waals surface area contributed by atoms with E-state index in [0.717, 1.165) is 0 Å². The number of carbonyl (C=O) groups is 1. The Morgan fingerprint density at radius 3 is 2.50 bits per heavy atom. The number of nitrogens with zero attached hydrogens (tertiary/aromatic N) is 1. The highest BCUT2D eigenvalue weighted by Gasteiger charge is 2.26. The third-order valence-corrected chi connectivity index (χ3v) is 3.49. The second-order valence-corrected chi connectivity index (χ2v) is 5.91. The molecule has 112 valence electrons. The van der Waals surface area contributed by atoms with Crippen molar-refractivity contribution in [2.24, 2.45) is 11.1 Å². The van der Waals surface area contributed by atoms with Gasteiger partial charge in [0.1, 0.15) is 5.82 Å². The summed E-state index contributed by atoms with van der Waals surface area (Å²) in [6, 6.07) is 4.89. The van der Waals surface area contributed by atoms with Crippen LogP contribution in [0.4, 0.5) is 15.8 Å². The van der Waals surface area contributed by atoms with Crippen molar-refractivity contribution in [2.45, 2.75) is 33.7 Å². The maximum atomic E-state index is 14.1. The Balaban J connectivity index is 2.91. The number of carbonyl (C=O) groups excluding carboxylic acids is 1. The molecular formula is C15H24FN3O. The molecule has 0 fully saturated rings. The molecule has 0 atom stereocenters. The Bertz CT molecular complexity index is 486. The molecule has 0 aromatic heterocycles. The minimum absolute atomic E-state index is 0.195. The lowest BCUT2D eigenvalue weighted by atomic mass is 9.92. The van der Waals surface area contributed by atoms with Crippen LogP contribution in [0, 0.1) is 11.2 Å². The standard InChI is InChI=1S/C15H24FN3O/c1-10(2)19(5)13-7-6-11(8-12(13)16)18-14(20)15(3,4)9-17/h6-8,10H,9,17H2,1-5H3,(H,18,20). The van der Waals surface area contributed by atoms with Crippen LogP contribution in [-0.4, -0.2) is 25.5 Å². The molecule has 3 N–H and O–H groups in total. The number of rotatable bonds is 5. The van der Waals surface area contributed by atoms with Crippen molar-refractivity contribution in [3.63, 3.8) is 0 Å². The summed E-state index contributed by atoms with van der Waals surface area (Å²) in [6.45, 7) is 7.70. The molecule has 1 aromatic rings. The largest absolute Gasteiger partial charge is 0.370 e. The smallest absolute Gasteiger partial charge is 0.231 e. The fraction of sp³-hybridized carbons (Fsp3) is 0.533. The molecule has 0 heterocycles. The van der Waals surface area contributed by atoms with Gasteiger partial charge in [0.2, 0.25) is 5.91 Å². The van der Waals surface area contributed by atoms with Gasteiger partial charge in [-0.25, -0.2) is 4.39 Å². The zero-order chi connectivity index (χ0) is 15.5. The molecule has 20 heavy (non-hydrogen) atoms. The molecule has 0 aliphatic carbocycles. The van der Waals surface area contributed by atoms with Crippen LogP contribution >= 0.6 is 0 Å². The van der Waals surface area contributed by atoms with Crippen molar-refractivity contribution in [2.75, 3.05) is 23.8 Å². The minimum Gasteiger partial charge on any atom is -0.370 e. The van der Waals surface area contributed by atoms with Crippen LogP contribution in [0.5, 0.6) is 0 Å². The SMILES string of the molecule is CC(C)N(C)c1ccc(NC(=O)C(C)(C)CN)cc1F. The first-order valence-corrected chi connectivity index (χ1v) is 6.73. The highest BCUT2D eigenvalue weighted by Crippen LogP contribution is 2.24. The van der Waals surface area contributed by atoms with Crippen molar-refractivity contribution in [3.05, 3.63) is 24.0 Å². The van der Waals surface area contributed by atoms with Gasteiger partial charge < -0.3 is 16.0 Å². The number of nitrogens with one attached hydrogen (secondary N) is 1. The lowest BCUT2D eigenvalue weighted by molar-refractivity contribution is -0.123. The summed E-state index contributed by atoms with van der Waals surface area (Å²) in [5.74, 6) is -0.575. The van der Waals surface area contributed by atoms with Gasteiger partial charge in [0.25, 0.3) is 0 Å². The van der Waals surface area contributed by atoms with E-state index in [-0.39, 0.29) is 24.3 Å². The maximum absolute atomic E-state index is 14.1. The molecule has 0 unspecified atom stereocenters. The van der Waals surface area contributed by atoms with Crippen molar-refractivity contribution in [3.8, 4) is 0 Å². The van der Waals surface area contributed by atoms with Crippen LogP contribution in [0.15, 0.2) is 18.2 Å². The molecule has 1 amide bonds. The van der Waals surface area contributed by atoms with Crippen molar-refractivity contribution >= 4 is 17.3 Å². The summed E-state index contributed by atoms with van der Waals surface area (Å²) < 4.78 is 14.1. The van der Waals surface area contributed by atoms with Crippen LogP contribution in [-0.2, 0) is 4.79 Å². The monoisotopic (exact) mass is 281 g/mol. The molecule has 0 spiro atoms. The van der Waals surface area contributed by atoms with E-state index in [9.17, 15) is 9.18 Å². The fourth-order valence-corrected chi connectivity index (χ4v) is 1.54. The Morgan fingerprint density at radius 1 is 1.45 bits per heavy atom. The number of hydrogen-bond donors (Lipinski definition) is 2. The van der Waals surface area contributed by atoms with E-state index in [1.807, 2.05) is 25.8 Å². The first kappa shape index (κ1) is 16.4. The molecule has 1 rings (SSSR count). The second-order valence-electron chi connectivity index (χ2n) is 5.91. The summed E-state index contributed by atoms with van der Waals surface area (Å²) >= 11 is 0. The Morgan fingerprint density at radius 2 is 2.05 bits per heavy atom. The topological polar surface area (TPSA) is 58.4 Å². The van der Waals surface area contributed by atoms with Crippen LogP contribution in [0.2, 0.25) is 0 Å². The Hall–Kier alpha value is -1.62. The van der Waals surface area contributed by atoms with Gasteiger partial charge in [0.15, 0.2) is 0 Å². The third-order valence-electron chi connectivity index (χ3n) is 3.49. The maximum Gasteiger partial charge on any atom is 0.231 e. The second kappa shape index (κ2) is 6.22. The predicted octanol–water partition coefficient (Wildman–Crippen LogP) is 2.59. The zero-order valence-electron chi connectivity index (χ0n) is 12.8. The van der Waals surface area contributed by atoms with E-state index in [4.69, 9.17) is 5.73 Å². The van der Waals surface area contributed by atoms with Gasteiger partial charge in [0, 0.05) is 25.3 Å². The van der Waals surface area contributed by atoms with Gasteiger partial charge >= 0.3 is 0 Å². The van der Waals surface area contributed by atoms with Crippen LogP contribution in [0.25, 0.3) is 0 Å². The van der Waals surface area contributed by atoms with E-state index in [1.54, 1.807) is 26.0 Å². The molecule has 0 saturated heterocycles. The van der Waals surface area contributed by atoms with E-state index >= 15 is 0 Å². The van der Waals surface area contributed by atoms with Gasteiger partial charge in [0.05, 0.1) is 11.1 Å². The Labute approximate surface area is 120 Å². The normalized spacial score (nSPS) is 11.6. The first-order chi connectivity index (χ1) is 9.19. The fourth-order valence-electron chi connectivity index (χ4n) is 1.54. The van der Waals surface area contributed by atoms with E-state index in [1.165, 1.54) is 6.07 Å². The molecule has 0 aliphatic rings. The quantitative estimate of drug-likeness (QED) is 0.872. The number of hydrogen-bond acceptors (Lipinski definition) is 3. The average molecular weight is 281 g/mol. The Kier molecular flexibility index (Phi) is 5.11. The van der Waals surface area contributed by atoms with Gasteiger partial charge in [-0.3, -0.25) is 4.79 Å². The van der Waals surface area contributed by atoms with Gasteiger partial charge in [-0.15, -0.1) is 0 Å². The van der Waals surface area contributed by atoms with Crippen LogP contribution in [0.3, 0.4) is 0 Å². The summed E-state index contributed by atoms with van der Waals surface area (Å²) in [5.41, 5.74) is 5.82. The summed E-state index contributed by atoms with van der Waals surface area (Å²) in [4.78, 5) is 13.8. The van der Waals surface area contributed by atoms with Gasteiger partial charge in [-0.2, -0.15) is 0 Å². The minimum atomic E-state index is -0.677. The molecule has 0 bridgehead atoms. The van der Waals surface area contributed by atoms with Crippen molar-refractivity contribution in [1.29, 1.82) is 0 Å². The zero-order valence-corrected chi connectivity index (χ0v) is 12.8. The summed E-state index contributed by atoms with van der Waals surface area (Å²) in [7, 11) is 1.83. The van der Waals surface area contributed by atoms with E-state index in [0.29, 0.717) is 11.4 Å². The average Bonchev–Trinajstić information content (AvgIpc) is 2.37.